The first kappa shape index (κ1) is 12.7. The van der Waals surface area contributed by atoms with Gasteiger partial charge in [-0.3, -0.25) is 0 Å². The molecule has 0 aromatic rings. The summed E-state index contributed by atoms with van der Waals surface area (Å²) < 4.78 is 0. The van der Waals surface area contributed by atoms with Crippen LogP contribution in [0, 0.1) is 5.92 Å². The molecule has 1 N–H and O–H groups in total. The molecular weight excluding hydrogens is 216 g/mol. The summed E-state index contributed by atoms with van der Waals surface area (Å²) in [4.78, 5) is 16.2. The zero-order valence-corrected chi connectivity index (χ0v) is 10.8. The van der Waals surface area contributed by atoms with E-state index >= 15 is 0 Å². The number of piperidine rings is 1. The molecule has 98 valence electrons. The highest BCUT2D eigenvalue weighted by molar-refractivity contribution is 5.75. The van der Waals surface area contributed by atoms with E-state index in [0.717, 1.165) is 44.7 Å². The number of rotatable bonds is 3. The second kappa shape index (κ2) is 5.71. The maximum atomic E-state index is 12.4. The van der Waals surface area contributed by atoms with Crippen molar-refractivity contribution in [2.45, 2.75) is 45.1 Å². The zero-order chi connectivity index (χ0) is 12.3. The molecule has 2 amide bonds. The van der Waals surface area contributed by atoms with Gasteiger partial charge in [-0.25, -0.2) is 4.79 Å². The van der Waals surface area contributed by atoms with Crippen LogP contribution in [0.3, 0.4) is 0 Å². The summed E-state index contributed by atoms with van der Waals surface area (Å²) in [6, 6.07) is 0.532. The summed E-state index contributed by atoms with van der Waals surface area (Å²) in [6.45, 7) is 4.59. The fraction of sp³-hybridized carbons (Fsp3) is 0.923. The normalized spacial score (nSPS) is 22.4. The third kappa shape index (κ3) is 2.92. The minimum absolute atomic E-state index is 0.0759. The molecule has 0 aromatic carbocycles. The zero-order valence-electron chi connectivity index (χ0n) is 10.8. The SMILES string of the molecule is CC1CCN(C(=O)N(CCO)C2CCC2)CC1. The van der Waals surface area contributed by atoms with Gasteiger partial charge in [-0.1, -0.05) is 6.92 Å². The maximum absolute atomic E-state index is 12.4. The van der Waals surface area contributed by atoms with Crippen molar-refractivity contribution >= 4 is 6.03 Å². The molecular formula is C13H24N2O2. The van der Waals surface area contributed by atoms with Gasteiger partial charge in [-0.15, -0.1) is 0 Å². The van der Waals surface area contributed by atoms with Crippen LogP contribution < -0.4 is 0 Å². The standard InChI is InChI=1S/C13H24N2O2/c1-11-5-7-14(8-6-11)13(17)15(9-10-16)12-3-2-4-12/h11-12,16H,2-10H2,1H3. The van der Waals surface area contributed by atoms with Crippen LogP contribution in [0.2, 0.25) is 0 Å². The molecule has 4 nitrogen and oxygen atoms in total. The van der Waals surface area contributed by atoms with Gasteiger partial charge in [0.2, 0.25) is 0 Å². The maximum Gasteiger partial charge on any atom is 0.320 e. The predicted octanol–water partition coefficient (Wildman–Crippen LogP) is 1.69. The van der Waals surface area contributed by atoms with Crippen molar-refractivity contribution in [1.82, 2.24) is 9.80 Å². The first-order valence-electron chi connectivity index (χ1n) is 6.88. The Kier molecular flexibility index (Phi) is 4.26. The van der Waals surface area contributed by atoms with Crippen LogP contribution in [-0.2, 0) is 0 Å². The molecule has 1 heterocycles. The first-order valence-corrected chi connectivity index (χ1v) is 6.88. The Morgan fingerprint density at radius 2 is 1.94 bits per heavy atom. The van der Waals surface area contributed by atoms with Gasteiger partial charge in [0.05, 0.1) is 6.61 Å². The molecule has 0 unspecified atom stereocenters. The third-order valence-electron chi connectivity index (χ3n) is 4.16. The fourth-order valence-electron chi connectivity index (χ4n) is 2.62. The highest BCUT2D eigenvalue weighted by Gasteiger charge is 2.32. The average Bonchev–Trinajstić information content (AvgIpc) is 2.26. The van der Waals surface area contributed by atoms with Crippen LogP contribution in [0.15, 0.2) is 0 Å². The minimum Gasteiger partial charge on any atom is -0.395 e. The van der Waals surface area contributed by atoms with Crippen molar-refractivity contribution in [2.75, 3.05) is 26.2 Å². The number of hydrogen-bond donors (Lipinski definition) is 1. The minimum atomic E-state index is 0.0759. The quantitative estimate of drug-likeness (QED) is 0.815. The van der Waals surface area contributed by atoms with E-state index in [0.29, 0.717) is 12.6 Å². The van der Waals surface area contributed by atoms with Crippen LogP contribution >= 0.6 is 0 Å². The molecule has 2 aliphatic rings. The number of aliphatic hydroxyl groups excluding tert-OH is 1. The van der Waals surface area contributed by atoms with Crippen LogP contribution in [0.5, 0.6) is 0 Å². The highest BCUT2D eigenvalue weighted by atomic mass is 16.3. The van der Waals surface area contributed by atoms with Crippen LogP contribution in [0.25, 0.3) is 0 Å². The Labute approximate surface area is 104 Å². The van der Waals surface area contributed by atoms with Gasteiger partial charge in [0.1, 0.15) is 0 Å². The van der Waals surface area contributed by atoms with Crippen molar-refractivity contribution < 1.29 is 9.90 Å². The lowest BCUT2D eigenvalue weighted by Crippen LogP contribution is -2.53. The van der Waals surface area contributed by atoms with Gasteiger partial charge < -0.3 is 14.9 Å². The Bertz CT molecular complexity index is 258. The van der Waals surface area contributed by atoms with E-state index in [-0.39, 0.29) is 12.6 Å². The number of nitrogens with zero attached hydrogens (tertiary/aromatic N) is 2. The van der Waals surface area contributed by atoms with Crippen molar-refractivity contribution in [3.05, 3.63) is 0 Å². The summed E-state index contributed by atoms with van der Waals surface area (Å²) in [6.07, 6.45) is 5.66. The monoisotopic (exact) mass is 240 g/mol. The van der Waals surface area contributed by atoms with Crippen LogP contribution in [0.1, 0.15) is 39.0 Å². The van der Waals surface area contributed by atoms with E-state index in [4.69, 9.17) is 5.11 Å². The van der Waals surface area contributed by atoms with Crippen LogP contribution in [0.4, 0.5) is 4.79 Å². The Hall–Kier alpha value is -0.770. The number of carbonyl (C=O) groups is 1. The van der Waals surface area contributed by atoms with Gasteiger partial charge in [-0.05, 0) is 38.0 Å². The smallest absolute Gasteiger partial charge is 0.320 e. The average molecular weight is 240 g/mol. The molecule has 0 atom stereocenters. The topological polar surface area (TPSA) is 43.8 Å². The van der Waals surface area contributed by atoms with Gasteiger partial charge >= 0.3 is 6.03 Å². The molecule has 0 radical (unpaired) electrons. The number of likely N-dealkylation sites (tertiary alicyclic amines) is 1. The lowest BCUT2D eigenvalue weighted by molar-refractivity contribution is 0.0831. The molecule has 17 heavy (non-hydrogen) atoms. The lowest BCUT2D eigenvalue weighted by atomic mass is 9.91. The van der Waals surface area contributed by atoms with Gasteiger partial charge in [0, 0.05) is 25.7 Å². The number of hydrogen-bond acceptors (Lipinski definition) is 2. The molecule has 1 saturated carbocycles. The summed E-state index contributed by atoms with van der Waals surface area (Å²) in [5, 5.41) is 9.08. The molecule has 1 aliphatic heterocycles. The summed E-state index contributed by atoms with van der Waals surface area (Å²) in [7, 11) is 0. The van der Waals surface area contributed by atoms with E-state index < -0.39 is 0 Å². The van der Waals surface area contributed by atoms with Crippen molar-refractivity contribution in [1.29, 1.82) is 0 Å². The van der Waals surface area contributed by atoms with E-state index in [9.17, 15) is 4.79 Å². The lowest BCUT2D eigenvalue weighted by Gasteiger charge is -2.41. The fourth-order valence-corrected chi connectivity index (χ4v) is 2.62. The first-order chi connectivity index (χ1) is 8.22. The number of urea groups is 1. The van der Waals surface area contributed by atoms with E-state index in [1.807, 2.05) is 9.80 Å². The van der Waals surface area contributed by atoms with Gasteiger partial charge in [0.15, 0.2) is 0 Å². The highest BCUT2D eigenvalue weighted by Crippen LogP contribution is 2.26. The molecule has 2 fully saturated rings. The Morgan fingerprint density at radius 3 is 2.41 bits per heavy atom. The molecule has 0 aromatic heterocycles. The number of amides is 2. The molecule has 4 heteroatoms. The molecule has 1 saturated heterocycles. The van der Waals surface area contributed by atoms with Crippen LogP contribution in [-0.4, -0.2) is 53.2 Å². The Morgan fingerprint density at radius 1 is 1.29 bits per heavy atom. The summed E-state index contributed by atoms with van der Waals surface area (Å²) in [5.41, 5.74) is 0. The van der Waals surface area contributed by atoms with Crippen molar-refractivity contribution in [3.63, 3.8) is 0 Å². The summed E-state index contributed by atoms with van der Waals surface area (Å²) in [5.74, 6) is 0.744. The molecule has 0 spiro atoms. The van der Waals surface area contributed by atoms with E-state index in [1.165, 1.54) is 6.42 Å². The second-order valence-electron chi connectivity index (χ2n) is 5.45. The summed E-state index contributed by atoms with van der Waals surface area (Å²) >= 11 is 0. The Balaban J connectivity index is 1.90. The largest absolute Gasteiger partial charge is 0.395 e. The third-order valence-corrected chi connectivity index (χ3v) is 4.16. The molecule has 2 rings (SSSR count). The van der Waals surface area contributed by atoms with E-state index in [1.54, 1.807) is 0 Å². The molecule has 1 aliphatic carbocycles. The predicted molar refractivity (Wildman–Crippen MR) is 66.8 cm³/mol. The van der Waals surface area contributed by atoms with Crippen molar-refractivity contribution in [2.24, 2.45) is 5.92 Å². The number of carbonyl (C=O) groups excluding carboxylic acids is 1. The van der Waals surface area contributed by atoms with Gasteiger partial charge in [-0.2, -0.15) is 0 Å². The second-order valence-corrected chi connectivity index (χ2v) is 5.45. The van der Waals surface area contributed by atoms with Crippen molar-refractivity contribution in [3.8, 4) is 0 Å². The molecule has 0 bridgehead atoms. The van der Waals surface area contributed by atoms with Gasteiger partial charge in [0.25, 0.3) is 0 Å². The van der Waals surface area contributed by atoms with E-state index in [2.05, 4.69) is 6.92 Å². The number of aliphatic hydroxyl groups is 1.